The van der Waals surface area contributed by atoms with Gasteiger partial charge in [-0.2, -0.15) is 0 Å². The van der Waals surface area contributed by atoms with Gasteiger partial charge in [0.25, 0.3) is 0 Å². The Balaban J connectivity index is 2.13. The van der Waals surface area contributed by atoms with Crippen LogP contribution >= 0.6 is 0 Å². The lowest BCUT2D eigenvalue weighted by molar-refractivity contribution is -0.152. The average Bonchev–Trinajstić information content (AvgIpc) is 2.13. The van der Waals surface area contributed by atoms with E-state index in [-0.39, 0.29) is 12.8 Å². The molecule has 15 heavy (non-hydrogen) atoms. The summed E-state index contributed by atoms with van der Waals surface area (Å²) in [7, 11) is 0. The lowest BCUT2D eigenvalue weighted by atomic mass is 9.69. The highest BCUT2D eigenvalue weighted by molar-refractivity contribution is 5.71. The first kappa shape index (κ1) is 10.1. The van der Waals surface area contributed by atoms with Crippen molar-refractivity contribution in [2.24, 2.45) is 5.92 Å². The Bertz CT molecular complexity index is 380. The van der Waals surface area contributed by atoms with Gasteiger partial charge in [-0.15, -0.1) is 0 Å². The standard InChI is InChI=1S/C11H10F2O2/c12-9-3-1-8(2-4-9)11(13)5-7(6-11)10(14)15/h1-4,7H,5-6H2,(H,14,15). The van der Waals surface area contributed by atoms with Gasteiger partial charge < -0.3 is 5.11 Å². The van der Waals surface area contributed by atoms with E-state index in [0.29, 0.717) is 5.56 Å². The van der Waals surface area contributed by atoms with Crippen molar-refractivity contribution in [1.82, 2.24) is 0 Å². The zero-order chi connectivity index (χ0) is 11.1. The predicted molar refractivity (Wildman–Crippen MR) is 49.5 cm³/mol. The molecule has 0 heterocycles. The molecule has 1 aliphatic rings. The van der Waals surface area contributed by atoms with Gasteiger partial charge in [0.2, 0.25) is 0 Å². The maximum absolute atomic E-state index is 14.0. The van der Waals surface area contributed by atoms with Crippen LogP contribution in [-0.4, -0.2) is 11.1 Å². The van der Waals surface area contributed by atoms with E-state index in [2.05, 4.69) is 0 Å². The number of carbonyl (C=O) groups is 1. The fraction of sp³-hybridized carbons (Fsp3) is 0.364. The van der Waals surface area contributed by atoms with Gasteiger partial charge in [-0.25, -0.2) is 8.78 Å². The number of hydrogen-bond acceptors (Lipinski definition) is 1. The number of alkyl halides is 1. The molecule has 0 saturated heterocycles. The Morgan fingerprint density at radius 2 is 1.87 bits per heavy atom. The molecule has 0 unspecified atom stereocenters. The van der Waals surface area contributed by atoms with Gasteiger partial charge in [0.1, 0.15) is 11.5 Å². The van der Waals surface area contributed by atoms with Crippen LogP contribution in [0, 0.1) is 11.7 Å². The second kappa shape index (κ2) is 3.29. The van der Waals surface area contributed by atoms with Gasteiger partial charge in [0.05, 0.1) is 5.92 Å². The van der Waals surface area contributed by atoms with Gasteiger partial charge in [0, 0.05) is 0 Å². The van der Waals surface area contributed by atoms with Crippen molar-refractivity contribution in [3.05, 3.63) is 35.6 Å². The van der Waals surface area contributed by atoms with Crippen molar-refractivity contribution in [2.45, 2.75) is 18.5 Å². The van der Waals surface area contributed by atoms with E-state index >= 15 is 0 Å². The van der Waals surface area contributed by atoms with Gasteiger partial charge in [0.15, 0.2) is 0 Å². The third-order valence-corrected chi connectivity index (χ3v) is 2.85. The summed E-state index contributed by atoms with van der Waals surface area (Å²) >= 11 is 0. The summed E-state index contributed by atoms with van der Waals surface area (Å²) in [6.45, 7) is 0. The lowest BCUT2D eigenvalue weighted by Crippen LogP contribution is -2.41. The van der Waals surface area contributed by atoms with Crippen molar-refractivity contribution in [3.8, 4) is 0 Å². The Kier molecular flexibility index (Phi) is 2.21. The molecule has 2 rings (SSSR count). The number of benzene rings is 1. The summed E-state index contributed by atoms with van der Waals surface area (Å²) in [4.78, 5) is 10.5. The minimum atomic E-state index is -1.59. The Hall–Kier alpha value is -1.45. The van der Waals surface area contributed by atoms with Crippen molar-refractivity contribution in [3.63, 3.8) is 0 Å². The van der Waals surface area contributed by atoms with E-state index in [1.807, 2.05) is 0 Å². The van der Waals surface area contributed by atoms with E-state index in [4.69, 9.17) is 5.11 Å². The van der Waals surface area contributed by atoms with Crippen LogP contribution in [0.1, 0.15) is 18.4 Å². The first-order valence-electron chi connectivity index (χ1n) is 4.69. The van der Waals surface area contributed by atoms with Crippen LogP contribution in [0.2, 0.25) is 0 Å². The molecule has 0 atom stereocenters. The summed E-state index contributed by atoms with van der Waals surface area (Å²) in [6.07, 6.45) is -0.0398. The molecule has 4 heteroatoms. The number of carboxylic acids is 1. The minimum Gasteiger partial charge on any atom is -0.481 e. The first-order valence-corrected chi connectivity index (χ1v) is 4.69. The third kappa shape index (κ3) is 1.71. The molecular formula is C11H10F2O2. The van der Waals surface area contributed by atoms with Crippen LogP contribution in [0.15, 0.2) is 24.3 Å². The minimum absolute atomic E-state index is 0.0199. The van der Waals surface area contributed by atoms with Gasteiger partial charge in [-0.3, -0.25) is 4.79 Å². The molecular weight excluding hydrogens is 202 g/mol. The van der Waals surface area contributed by atoms with E-state index in [1.54, 1.807) is 0 Å². The molecule has 0 aliphatic heterocycles. The second-order valence-electron chi connectivity index (χ2n) is 3.92. The summed E-state index contributed by atoms with van der Waals surface area (Å²) in [5, 5.41) is 8.63. The Morgan fingerprint density at radius 3 is 2.33 bits per heavy atom. The number of aliphatic carboxylic acids is 1. The quantitative estimate of drug-likeness (QED) is 0.817. The molecule has 2 nitrogen and oxygen atoms in total. The average molecular weight is 212 g/mol. The van der Waals surface area contributed by atoms with Crippen molar-refractivity contribution < 1.29 is 18.7 Å². The molecule has 0 amide bonds. The van der Waals surface area contributed by atoms with Crippen LogP contribution in [0.25, 0.3) is 0 Å². The molecule has 80 valence electrons. The van der Waals surface area contributed by atoms with E-state index in [9.17, 15) is 13.6 Å². The zero-order valence-corrected chi connectivity index (χ0v) is 7.91. The summed E-state index contributed by atoms with van der Waals surface area (Å²) < 4.78 is 26.6. The van der Waals surface area contributed by atoms with E-state index in [0.717, 1.165) is 0 Å². The van der Waals surface area contributed by atoms with E-state index < -0.39 is 23.4 Å². The second-order valence-corrected chi connectivity index (χ2v) is 3.92. The third-order valence-electron chi connectivity index (χ3n) is 2.85. The van der Waals surface area contributed by atoms with Crippen LogP contribution in [0.3, 0.4) is 0 Å². The maximum atomic E-state index is 14.0. The van der Waals surface area contributed by atoms with Gasteiger partial charge in [-0.05, 0) is 30.5 Å². The fourth-order valence-electron chi connectivity index (χ4n) is 1.88. The SMILES string of the molecule is O=C(O)C1CC(F)(c2ccc(F)cc2)C1. The van der Waals surface area contributed by atoms with Gasteiger partial charge in [-0.1, -0.05) is 12.1 Å². The van der Waals surface area contributed by atoms with Crippen molar-refractivity contribution in [1.29, 1.82) is 0 Å². The molecule has 0 aromatic heterocycles. The molecule has 1 N–H and O–H groups in total. The molecule has 0 spiro atoms. The number of halogens is 2. The maximum Gasteiger partial charge on any atom is 0.306 e. The number of rotatable bonds is 2. The number of carboxylic acid groups (broad SMARTS) is 1. The Morgan fingerprint density at radius 1 is 1.33 bits per heavy atom. The predicted octanol–water partition coefficient (Wildman–Crippen LogP) is 2.49. The normalized spacial score (nSPS) is 29.6. The van der Waals surface area contributed by atoms with Crippen LogP contribution in [-0.2, 0) is 10.5 Å². The monoisotopic (exact) mass is 212 g/mol. The summed E-state index contributed by atoms with van der Waals surface area (Å²) in [6, 6.07) is 5.11. The smallest absolute Gasteiger partial charge is 0.306 e. The van der Waals surface area contributed by atoms with Crippen molar-refractivity contribution in [2.75, 3.05) is 0 Å². The lowest BCUT2D eigenvalue weighted by Gasteiger charge is -2.39. The molecule has 1 aromatic rings. The highest BCUT2D eigenvalue weighted by atomic mass is 19.1. The molecule has 0 radical (unpaired) electrons. The van der Waals surface area contributed by atoms with Crippen molar-refractivity contribution >= 4 is 5.97 Å². The topological polar surface area (TPSA) is 37.3 Å². The highest BCUT2D eigenvalue weighted by Gasteiger charge is 2.49. The fourth-order valence-corrected chi connectivity index (χ4v) is 1.88. The molecule has 1 aromatic carbocycles. The van der Waals surface area contributed by atoms with Crippen LogP contribution in [0.4, 0.5) is 8.78 Å². The van der Waals surface area contributed by atoms with Crippen LogP contribution < -0.4 is 0 Å². The van der Waals surface area contributed by atoms with E-state index in [1.165, 1.54) is 24.3 Å². The summed E-state index contributed by atoms with van der Waals surface area (Å²) in [5.74, 6) is -2.00. The van der Waals surface area contributed by atoms with Crippen LogP contribution in [0.5, 0.6) is 0 Å². The Labute approximate surface area is 85.5 Å². The number of hydrogen-bond donors (Lipinski definition) is 1. The largest absolute Gasteiger partial charge is 0.481 e. The molecule has 0 bridgehead atoms. The molecule has 1 fully saturated rings. The highest BCUT2D eigenvalue weighted by Crippen LogP contribution is 2.49. The zero-order valence-electron chi connectivity index (χ0n) is 7.91. The molecule has 1 saturated carbocycles. The summed E-state index contributed by atoms with van der Waals surface area (Å²) in [5.41, 5.74) is -1.22. The van der Waals surface area contributed by atoms with Gasteiger partial charge >= 0.3 is 5.97 Å². The first-order chi connectivity index (χ1) is 7.01. The molecule has 1 aliphatic carbocycles.